The highest BCUT2D eigenvalue weighted by Gasteiger charge is 2.30. The molecule has 0 bridgehead atoms. The average Bonchev–Trinajstić information content (AvgIpc) is 3.67. The zero-order valence-electron chi connectivity index (χ0n) is 58.4. The van der Waals surface area contributed by atoms with Crippen LogP contribution in [0.25, 0.3) is 0 Å². The minimum atomic E-state index is -4.95. The summed E-state index contributed by atoms with van der Waals surface area (Å²) < 4.78 is 68.1. The molecule has 534 valence electrons. The summed E-state index contributed by atoms with van der Waals surface area (Å²) in [6.07, 6.45) is 48.8. The van der Waals surface area contributed by atoms with E-state index in [0.717, 1.165) is 108 Å². The minimum Gasteiger partial charge on any atom is -0.462 e. The van der Waals surface area contributed by atoms with Gasteiger partial charge < -0.3 is 33.8 Å². The minimum absolute atomic E-state index is 0.105. The number of phosphoric acid groups is 2. The summed E-state index contributed by atoms with van der Waals surface area (Å²) in [7, 11) is -9.89. The van der Waals surface area contributed by atoms with Crippen molar-refractivity contribution in [1.29, 1.82) is 0 Å². The molecule has 0 saturated heterocycles. The third-order valence-corrected chi connectivity index (χ3v) is 18.7. The summed E-state index contributed by atoms with van der Waals surface area (Å²) >= 11 is 0. The first kappa shape index (κ1) is 88.1. The van der Waals surface area contributed by atoms with E-state index in [4.69, 9.17) is 37.0 Å². The van der Waals surface area contributed by atoms with Gasteiger partial charge in [0.25, 0.3) is 0 Å². The highest BCUT2D eigenvalue weighted by Crippen LogP contribution is 2.45. The quantitative estimate of drug-likeness (QED) is 0.0222. The second-order valence-electron chi connectivity index (χ2n) is 26.3. The molecule has 3 N–H and O–H groups in total. The number of aliphatic hydroxyl groups is 1. The monoisotopic (exact) mass is 1320 g/mol. The highest BCUT2D eigenvalue weighted by molar-refractivity contribution is 7.47. The molecule has 0 aliphatic rings. The number of hydrogen-bond acceptors (Lipinski definition) is 15. The van der Waals surface area contributed by atoms with E-state index in [2.05, 4.69) is 41.5 Å². The van der Waals surface area contributed by atoms with Crippen LogP contribution in [-0.2, 0) is 65.4 Å². The van der Waals surface area contributed by atoms with E-state index in [1.807, 2.05) is 0 Å². The van der Waals surface area contributed by atoms with Gasteiger partial charge in [-0.3, -0.25) is 37.3 Å². The van der Waals surface area contributed by atoms with E-state index in [9.17, 15) is 43.2 Å². The van der Waals surface area contributed by atoms with Gasteiger partial charge in [0, 0.05) is 25.7 Å². The van der Waals surface area contributed by atoms with Crippen LogP contribution in [-0.4, -0.2) is 96.7 Å². The van der Waals surface area contributed by atoms with Crippen LogP contribution in [0.5, 0.6) is 0 Å². The smallest absolute Gasteiger partial charge is 0.462 e. The molecule has 0 radical (unpaired) electrons. The van der Waals surface area contributed by atoms with E-state index in [-0.39, 0.29) is 25.7 Å². The zero-order chi connectivity index (χ0) is 66.5. The fourth-order valence-corrected chi connectivity index (χ4v) is 12.3. The van der Waals surface area contributed by atoms with Gasteiger partial charge in [-0.2, -0.15) is 0 Å². The van der Waals surface area contributed by atoms with Crippen LogP contribution in [0.1, 0.15) is 363 Å². The molecular weight excluding hydrogens is 1190 g/mol. The first-order valence-electron chi connectivity index (χ1n) is 37.0. The summed E-state index contributed by atoms with van der Waals surface area (Å²) in [5.74, 6) is -0.531. The predicted molar refractivity (Wildman–Crippen MR) is 363 cm³/mol. The number of carbonyl (C=O) groups is 4. The Labute approximate surface area is 549 Å². The summed E-state index contributed by atoms with van der Waals surface area (Å²) in [4.78, 5) is 72.3. The Kier molecular flexibility index (Phi) is 61.8. The molecule has 0 amide bonds. The van der Waals surface area contributed by atoms with Crippen LogP contribution in [0, 0.1) is 11.8 Å². The first-order valence-corrected chi connectivity index (χ1v) is 40.0. The third-order valence-electron chi connectivity index (χ3n) is 16.8. The molecule has 90 heavy (non-hydrogen) atoms. The Balaban J connectivity index is 5.12. The molecule has 0 aliphatic heterocycles. The Morgan fingerprint density at radius 3 is 0.844 bits per heavy atom. The van der Waals surface area contributed by atoms with Crippen molar-refractivity contribution in [2.75, 3.05) is 39.6 Å². The van der Waals surface area contributed by atoms with E-state index in [0.29, 0.717) is 25.7 Å². The second kappa shape index (κ2) is 63.1. The van der Waals surface area contributed by atoms with Gasteiger partial charge in [0.05, 0.1) is 26.4 Å². The molecule has 0 heterocycles. The number of esters is 4. The molecule has 0 aliphatic carbocycles. The lowest BCUT2D eigenvalue weighted by atomic mass is 9.99. The molecule has 6 atom stereocenters. The highest BCUT2D eigenvalue weighted by atomic mass is 31.2. The van der Waals surface area contributed by atoms with Gasteiger partial charge in [0.2, 0.25) is 0 Å². The number of phosphoric ester groups is 2. The molecule has 19 heteroatoms. The Morgan fingerprint density at radius 2 is 0.567 bits per heavy atom. The maximum absolute atomic E-state index is 13.0. The first-order chi connectivity index (χ1) is 43.4. The van der Waals surface area contributed by atoms with Crippen LogP contribution >= 0.6 is 15.6 Å². The lowest BCUT2D eigenvalue weighted by Crippen LogP contribution is -2.30. The largest absolute Gasteiger partial charge is 0.472 e. The molecule has 0 aromatic rings. The number of hydrogen-bond donors (Lipinski definition) is 3. The number of unbranched alkanes of at least 4 members (excludes halogenated alkanes) is 39. The number of aliphatic hydroxyl groups excluding tert-OH is 1. The fraction of sp³-hybridized carbons (Fsp3) is 0.944. The van der Waals surface area contributed by atoms with Gasteiger partial charge in [0.1, 0.15) is 19.3 Å². The van der Waals surface area contributed by atoms with Gasteiger partial charge >= 0.3 is 39.5 Å². The lowest BCUT2D eigenvalue weighted by Gasteiger charge is -2.21. The van der Waals surface area contributed by atoms with Gasteiger partial charge in [-0.05, 0) is 37.5 Å². The van der Waals surface area contributed by atoms with Crippen molar-refractivity contribution >= 4 is 39.5 Å². The van der Waals surface area contributed by atoms with Crippen LogP contribution in [0.2, 0.25) is 0 Å². The Morgan fingerprint density at radius 1 is 0.322 bits per heavy atom. The van der Waals surface area contributed by atoms with Crippen molar-refractivity contribution in [1.82, 2.24) is 0 Å². The molecular formula is C71H138O17P2. The van der Waals surface area contributed by atoms with Crippen molar-refractivity contribution in [3.63, 3.8) is 0 Å². The molecule has 0 saturated carbocycles. The molecule has 17 nitrogen and oxygen atoms in total. The topological polar surface area (TPSA) is 237 Å². The number of ether oxygens (including phenoxy) is 4. The molecule has 0 rings (SSSR count). The van der Waals surface area contributed by atoms with Gasteiger partial charge in [0.15, 0.2) is 12.2 Å². The lowest BCUT2D eigenvalue weighted by molar-refractivity contribution is -0.161. The maximum Gasteiger partial charge on any atom is 0.472 e. The Bertz CT molecular complexity index is 1750. The fourth-order valence-electron chi connectivity index (χ4n) is 10.7. The molecule has 3 unspecified atom stereocenters. The van der Waals surface area contributed by atoms with E-state index >= 15 is 0 Å². The van der Waals surface area contributed by atoms with Crippen LogP contribution < -0.4 is 0 Å². The number of carbonyl (C=O) groups excluding carboxylic acids is 4. The second-order valence-corrected chi connectivity index (χ2v) is 29.3. The van der Waals surface area contributed by atoms with Gasteiger partial charge in [-0.15, -0.1) is 0 Å². The van der Waals surface area contributed by atoms with Crippen molar-refractivity contribution in [3.8, 4) is 0 Å². The maximum atomic E-state index is 13.0. The predicted octanol–water partition coefficient (Wildman–Crippen LogP) is 20.4. The summed E-state index contributed by atoms with van der Waals surface area (Å²) in [6.45, 7) is 9.54. The normalized spacial score (nSPS) is 14.4. The van der Waals surface area contributed by atoms with Crippen LogP contribution in [0.15, 0.2) is 0 Å². The van der Waals surface area contributed by atoms with Gasteiger partial charge in [-0.25, -0.2) is 9.13 Å². The van der Waals surface area contributed by atoms with Crippen LogP contribution in [0.3, 0.4) is 0 Å². The molecule has 0 aromatic heterocycles. The molecule has 0 aromatic carbocycles. The summed E-state index contributed by atoms with van der Waals surface area (Å²) in [6, 6.07) is 0. The van der Waals surface area contributed by atoms with Crippen molar-refractivity contribution in [2.45, 2.75) is 381 Å². The van der Waals surface area contributed by atoms with E-state index in [1.165, 1.54) is 173 Å². The zero-order valence-corrected chi connectivity index (χ0v) is 60.2. The van der Waals surface area contributed by atoms with Crippen LogP contribution in [0.4, 0.5) is 0 Å². The Hall–Kier alpha value is -1.94. The third kappa shape index (κ3) is 63.5. The SMILES string of the molecule is CCCCCCCCCCCC(=O)O[C@H](COC(=O)CCCCCCCCCC)COP(=O)(O)OC[C@H](O)COP(=O)(O)OC[C@@H](COC(=O)CCCCCCCCCCC(C)C)OC(=O)CCCCCCCCCCCCCCCCCCCCC(C)CC. The average molecular weight is 1330 g/mol. The molecule has 0 spiro atoms. The van der Waals surface area contributed by atoms with Crippen molar-refractivity contribution < 1.29 is 80.2 Å². The van der Waals surface area contributed by atoms with Gasteiger partial charge in [-0.1, -0.05) is 311 Å². The van der Waals surface area contributed by atoms with Crippen molar-refractivity contribution in [3.05, 3.63) is 0 Å². The van der Waals surface area contributed by atoms with E-state index in [1.54, 1.807) is 0 Å². The summed E-state index contributed by atoms with van der Waals surface area (Å²) in [5.41, 5.74) is 0. The van der Waals surface area contributed by atoms with Crippen molar-refractivity contribution in [2.24, 2.45) is 11.8 Å². The number of rotatable bonds is 70. The molecule has 0 fully saturated rings. The standard InChI is InChI=1S/C71H138O17P2/c1-7-10-12-14-16-28-37-43-49-55-70(75)87-66(59-81-68(73)53-47-41-35-17-15-13-11-8-2)61-85-89(77,78)83-57-65(72)58-84-90(79,80)86-62-67(60-82-69(74)54-48-42-36-32-31-33-39-45-51-63(4)5)88-71(76)56-50-44-38-30-27-25-23-21-19-18-20-22-24-26-29-34-40-46-52-64(6)9-3/h63-67,72H,7-62H2,1-6H3,(H,77,78)(H,79,80)/t64?,65-,66+,67+/m0/s1. The van der Waals surface area contributed by atoms with E-state index < -0.39 is 97.5 Å². The summed E-state index contributed by atoms with van der Waals surface area (Å²) in [5, 5.41) is 10.6.